The monoisotopic (exact) mass is 302 g/mol. The van der Waals surface area contributed by atoms with Crippen molar-refractivity contribution in [3.05, 3.63) is 45.7 Å². The molecule has 0 N–H and O–H groups in total. The van der Waals surface area contributed by atoms with Crippen LogP contribution in [-0.2, 0) is 5.88 Å². The molecule has 0 bridgehead atoms. The number of hydrogen-bond acceptors (Lipinski definition) is 1. The topological polar surface area (TPSA) is 17.8 Å². The molecule has 2 aromatic rings. The number of alkyl halides is 1. The summed E-state index contributed by atoms with van der Waals surface area (Å²) in [7, 11) is 0. The Morgan fingerprint density at radius 1 is 1.17 bits per heavy atom. The lowest BCUT2D eigenvalue weighted by atomic mass is 10.1. The molecule has 1 aromatic carbocycles. The molecule has 18 heavy (non-hydrogen) atoms. The fraction of sp³-hybridized carbons (Fsp3) is 0.308. The molecule has 0 aliphatic heterocycles. The molecular weight excluding hydrogens is 291 g/mol. The van der Waals surface area contributed by atoms with E-state index in [1.807, 2.05) is 24.3 Å². The van der Waals surface area contributed by atoms with Crippen molar-refractivity contribution in [2.24, 2.45) is 0 Å². The van der Waals surface area contributed by atoms with Gasteiger partial charge in [0.1, 0.15) is 5.15 Å². The predicted octanol–water partition coefficient (Wildman–Crippen LogP) is 5.04. The second-order valence-electron chi connectivity index (χ2n) is 4.33. The number of benzene rings is 1. The van der Waals surface area contributed by atoms with Crippen LogP contribution in [0.3, 0.4) is 0 Å². The SMILES string of the molecule is CC(C)c1nn(-c2ccc(Cl)cc2)c(Cl)c1CCl. The van der Waals surface area contributed by atoms with Gasteiger partial charge in [0.05, 0.1) is 17.3 Å². The van der Waals surface area contributed by atoms with Crippen LogP contribution in [0, 0.1) is 0 Å². The third kappa shape index (κ3) is 2.51. The van der Waals surface area contributed by atoms with Crippen molar-refractivity contribution < 1.29 is 0 Å². The molecular formula is C13H13Cl3N2. The number of hydrogen-bond donors (Lipinski definition) is 0. The van der Waals surface area contributed by atoms with Gasteiger partial charge in [0.25, 0.3) is 0 Å². The third-order valence-electron chi connectivity index (χ3n) is 2.70. The number of rotatable bonds is 3. The summed E-state index contributed by atoms with van der Waals surface area (Å²) >= 11 is 18.1. The van der Waals surface area contributed by atoms with E-state index in [2.05, 4.69) is 18.9 Å². The average Bonchev–Trinajstić information content (AvgIpc) is 2.67. The van der Waals surface area contributed by atoms with Crippen molar-refractivity contribution in [2.75, 3.05) is 0 Å². The van der Waals surface area contributed by atoms with E-state index in [0.717, 1.165) is 16.9 Å². The van der Waals surface area contributed by atoms with E-state index in [1.165, 1.54) is 0 Å². The Labute approximate surface area is 121 Å². The van der Waals surface area contributed by atoms with E-state index in [4.69, 9.17) is 34.8 Å². The lowest BCUT2D eigenvalue weighted by Crippen LogP contribution is -1.98. The van der Waals surface area contributed by atoms with Crippen LogP contribution in [-0.4, -0.2) is 9.78 Å². The van der Waals surface area contributed by atoms with Crippen LogP contribution in [0.2, 0.25) is 10.2 Å². The molecule has 0 amide bonds. The van der Waals surface area contributed by atoms with Crippen LogP contribution in [0.5, 0.6) is 0 Å². The van der Waals surface area contributed by atoms with Crippen molar-refractivity contribution >= 4 is 34.8 Å². The maximum Gasteiger partial charge on any atom is 0.137 e. The van der Waals surface area contributed by atoms with Crippen LogP contribution >= 0.6 is 34.8 Å². The highest BCUT2D eigenvalue weighted by Crippen LogP contribution is 2.29. The number of aromatic nitrogens is 2. The molecule has 0 radical (unpaired) electrons. The van der Waals surface area contributed by atoms with Gasteiger partial charge in [0.15, 0.2) is 0 Å². The van der Waals surface area contributed by atoms with Gasteiger partial charge in [-0.25, -0.2) is 4.68 Å². The molecule has 0 aliphatic rings. The Bertz CT molecular complexity index is 544. The molecule has 0 atom stereocenters. The molecule has 1 heterocycles. The summed E-state index contributed by atoms with van der Waals surface area (Å²) in [5, 5.41) is 5.79. The Morgan fingerprint density at radius 2 is 1.78 bits per heavy atom. The molecule has 0 aliphatic carbocycles. The normalized spacial score (nSPS) is 11.2. The molecule has 2 rings (SSSR count). The Kier molecular flexibility index (Phi) is 4.21. The van der Waals surface area contributed by atoms with E-state index in [1.54, 1.807) is 4.68 Å². The Hall–Kier alpha value is -0.700. The highest BCUT2D eigenvalue weighted by atomic mass is 35.5. The summed E-state index contributed by atoms with van der Waals surface area (Å²) in [6, 6.07) is 7.38. The number of halogens is 3. The predicted molar refractivity (Wildman–Crippen MR) is 77.2 cm³/mol. The highest BCUT2D eigenvalue weighted by molar-refractivity contribution is 6.32. The summed E-state index contributed by atoms with van der Waals surface area (Å²) in [4.78, 5) is 0. The second kappa shape index (κ2) is 5.52. The molecule has 0 unspecified atom stereocenters. The molecule has 0 fully saturated rings. The Balaban J connectivity index is 2.55. The molecule has 5 heteroatoms. The van der Waals surface area contributed by atoms with Gasteiger partial charge in [-0.15, -0.1) is 11.6 Å². The van der Waals surface area contributed by atoms with E-state index in [0.29, 0.717) is 16.1 Å². The first-order chi connectivity index (χ1) is 8.54. The van der Waals surface area contributed by atoms with Gasteiger partial charge in [0, 0.05) is 10.6 Å². The summed E-state index contributed by atoms with van der Waals surface area (Å²) in [5.41, 5.74) is 2.70. The highest BCUT2D eigenvalue weighted by Gasteiger charge is 2.18. The van der Waals surface area contributed by atoms with Gasteiger partial charge in [0.2, 0.25) is 0 Å². The van der Waals surface area contributed by atoms with E-state index >= 15 is 0 Å². The first-order valence-corrected chi connectivity index (χ1v) is 6.92. The summed E-state index contributed by atoms with van der Waals surface area (Å²) in [5.74, 6) is 0.643. The van der Waals surface area contributed by atoms with Crippen molar-refractivity contribution in [2.45, 2.75) is 25.6 Å². The maximum absolute atomic E-state index is 6.33. The molecule has 0 saturated heterocycles. The van der Waals surface area contributed by atoms with Crippen molar-refractivity contribution in [3.8, 4) is 5.69 Å². The summed E-state index contributed by atoms with van der Waals surface area (Å²) in [6.07, 6.45) is 0. The van der Waals surface area contributed by atoms with Crippen LogP contribution in [0.25, 0.3) is 5.69 Å². The van der Waals surface area contributed by atoms with Gasteiger partial charge in [-0.1, -0.05) is 37.0 Å². The summed E-state index contributed by atoms with van der Waals surface area (Å²) < 4.78 is 1.70. The molecule has 2 nitrogen and oxygen atoms in total. The molecule has 1 aromatic heterocycles. The van der Waals surface area contributed by atoms with Crippen LogP contribution < -0.4 is 0 Å². The van der Waals surface area contributed by atoms with E-state index in [-0.39, 0.29) is 5.92 Å². The minimum absolute atomic E-state index is 0.282. The average molecular weight is 304 g/mol. The minimum atomic E-state index is 0.282. The van der Waals surface area contributed by atoms with Crippen molar-refractivity contribution in [3.63, 3.8) is 0 Å². The van der Waals surface area contributed by atoms with Crippen LogP contribution in [0.1, 0.15) is 31.0 Å². The molecule has 0 saturated carbocycles. The van der Waals surface area contributed by atoms with Gasteiger partial charge in [-0.2, -0.15) is 5.10 Å². The lowest BCUT2D eigenvalue weighted by Gasteiger charge is -2.03. The molecule has 0 spiro atoms. The fourth-order valence-corrected chi connectivity index (χ4v) is 2.54. The second-order valence-corrected chi connectivity index (χ2v) is 5.39. The van der Waals surface area contributed by atoms with Gasteiger partial charge in [-0.3, -0.25) is 0 Å². The van der Waals surface area contributed by atoms with Crippen molar-refractivity contribution in [1.82, 2.24) is 9.78 Å². The largest absolute Gasteiger partial charge is 0.222 e. The van der Waals surface area contributed by atoms with E-state index < -0.39 is 0 Å². The quantitative estimate of drug-likeness (QED) is 0.726. The fourth-order valence-electron chi connectivity index (χ4n) is 1.79. The first-order valence-electron chi connectivity index (χ1n) is 5.63. The lowest BCUT2D eigenvalue weighted by molar-refractivity contribution is 0.765. The third-order valence-corrected chi connectivity index (χ3v) is 3.61. The molecule has 96 valence electrons. The smallest absolute Gasteiger partial charge is 0.137 e. The standard InChI is InChI=1S/C13H13Cl3N2/c1-8(2)12-11(7-14)13(16)18(17-12)10-5-3-9(15)4-6-10/h3-6,8H,7H2,1-2H3. The Morgan fingerprint density at radius 3 is 2.22 bits per heavy atom. The summed E-state index contributed by atoms with van der Waals surface area (Å²) in [6.45, 7) is 4.14. The van der Waals surface area contributed by atoms with E-state index in [9.17, 15) is 0 Å². The number of nitrogens with zero attached hydrogens (tertiary/aromatic N) is 2. The van der Waals surface area contributed by atoms with Gasteiger partial charge in [-0.05, 0) is 30.2 Å². The van der Waals surface area contributed by atoms with Gasteiger partial charge < -0.3 is 0 Å². The van der Waals surface area contributed by atoms with Crippen molar-refractivity contribution in [1.29, 1.82) is 0 Å². The van der Waals surface area contributed by atoms with Gasteiger partial charge >= 0.3 is 0 Å². The zero-order valence-electron chi connectivity index (χ0n) is 10.1. The van der Waals surface area contributed by atoms with Crippen LogP contribution in [0.4, 0.5) is 0 Å². The maximum atomic E-state index is 6.33. The van der Waals surface area contributed by atoms with Crippen LogP contribution in [0.15, 0.2) is 24.3 Å². The first kappa shape index (κ1) is 13.7. The zero-order valence-corrected chi connectivity index (χ0v) is 12.4. The zero-order chi connectivity index (χ0) is 13.3. The minimum Gasteiger partial charge on any atom is -0.222 e.